The summed E-state index contributed by atoms with van der Waals surface area (Å²) in [4.78, 5) is 11.8. The summed E-state index contributed by atoms with van der Waals surface area (Å²) in [6.07, 6.45) is 1.57. The summed E-state index contributed by atoms with van der Waals surface area (Å²) in [5.74, 6) is -0.399. The number of hydrogen-bond acceptors (Lipinski definition) is 3. The van der Waals surface area contributed by atoms with E-state index in [1.165, 1.54) is 0 Å². The van der Waals surface area contributed by atoms with Crippen LogP contribution in [0.4, 0.5) is 0 Å². The van der Waals surface area contributed by atoms with E-state index in [9.17, 15) is 4.79 Å². The molecule has 1 aromatic rings. The molecule has 3 nitrogen and oxygen atoms in total. The normalized spacial score (nSPS) is 9.76. The molecule has 1 aromatic carbocycles. The van der Waals surface area contributed by atoms with Crippen LogP contribution in [0.2, 0.25) is 0 Å². The van der Waals surface area contributed by atoms with Gasteiger partial charge in [0, 0.05) is 0 Å². The second-order valence-electron chi connectivity index (χ2n) is 3.72. The summed E-state index contributed by atoms with van der Waals surface area (Å²) < 4.78 is 5.00. The zero-order valence-electron chi connectivity index (χ0n) is 10.5. The Labute approximate surface area is 102 Å². The Morgan fingerprint density at radius 2 is 2.00 bits per heavy atom. The number of rotatable bonds is 4. The number of esters is 1. The van der Waals surface area contributed by atoms with E-state index in [4.69, 9.17) is 10.00 Å². The summed E-state index contributed by atoms with van der Waals surface area (Å²) in [5.41, 5.74) is 2.81. The van der Waals surface area contributed by atoms with E-state index in [0.717, 1.165) is 24.0 Å². The number of aryl methyl sites for hydroxylation is 2. The first kappa shape index (κ1) is 13.2. The van der Waals surface area contributed by atoms with Gasteiger partial charge < -0.3 is 4.74 Å². The van der Waals surface area contributed by atoms with Gasteiger partial charge in [-0.05, 0) is 37.0 Å². The zero-order chi connectivity index (χ0) is 12.8. The average molecular weight is 231 g/mol. The fourth-order valence-corrected chi connectivity index (χ4v) is 1.78. The summed E-state index contributed by atoms with van der Waals surface area (Å²) in [6.45, 7) is 6.08. The molecular weight excluding hydrogens is 214 g/mol. The Bertz CT molecular complexity index is 458. The first-order valence-electron chi connectivity index (χ1n) is 5.90. The highest BCUT2D eigenvalue weighted by Crippen LogP contribution is 2.20. The molecule has 0 amide bonds. The van der Waals surface area contributed by atoms with E-state index in [0.29, 0.717) is 17.7 Å². The monoisotopic (exact) mass is 231 g/mol. The van der Waals surface area contributed by atoms with Gasteiger partial charge in [-0.3, -0.25) is 0 Å². The molecule has 0 bridgehead atoms. The highest BCUT2D eigenvalue weighted by Gasteiger charge is 2.17. The number of nitrogens with zero attached hydrogens (tertiary/aromatic N) is 1. The van der Waals surface area contributed by atoms with Gasteiger partial charge in [-0.2, -0.15) is 5.26 Å². The van der Waals surface area contributed by atoms with E-state index in [1.807, 2.05) is 19.9 Å². The van der Waals surface area contributed by atoms with Gasteiger partial charge in [0.15, 0.2) is 0 Å². The smallest absolute Gasteiger partial charge is 0.339 e. The van der Waals surface area contributed by atoms with Gasteiger partial charge in [-0.1, -0.05) is 19.9 Å². The minimum absolute atomic E-state index is 0.322. The van der Waals surface area contributed by atoms with Gasteiger partial charge in [0.25, 0.3) is 0 Å². The maximum absolute atomic E-state index is 11.8. The summed E-state index contributed by atoms with van der Waals surface area (Å²) in [7, 11) is 0. The SMILES string of the molecule is CCOC(=O)c1c(C#N)cc(CC)cc1CC. The molecule has 0 atom stereocenters. The van der Waals surface area contributed by atoms with Crippen molar-refractivity contribution >= 4 is 5.97 Å². The molecule has 1 rings (SSSR count). The molecule has 17 heavy (non-hydrogen) atoms. The van der Waals surface area contributed by atoms with Crippen LogP contribution in [-0.4, -0.2) is 12.6 Å². The molecule has 0 aliphatic heterocycles. The lowest BCUT2D eigenvalue weighted by Crippen LogP contribution is -2.11. The summed E-state index contributed by atoms with van der Waals surface area (Å²) >= 11 is 0. The predicted molar refractivity (Wildman–Crippen MR) is 65.9 cm³/mol. The van der Waals surface area contributed by atoms with Crippen LogP contribution in [0.15, 0.2) is 12.1 Å². The molecule has 0 radical (unpaired) electrons. The highest BCUT2D eigenvalue weighted by atomic mass is 16.5. The Morgan fingerprint density at radius 3 is 2.47 bits per heavy atom. The van der Waals surface area contributed by atoms with Gasteiger partial charge in [0.1, 0.15) is 6.07 Å². The molecule has 0 aromatic heterocycles. The molecule has 0 N–H and O–H groups in total. The second-order valence-corrected chi connectivity index (χ2v) is 3.72. The van der Waals surface area contributed by atoms with Crippen LogP contribution in [0.25, 0.3) is 0 Å². The largest absolute Gasteiger partial charge is 0.462 e. The Hall–Kier alpha value is -1.82. The predicted octanol–water partition coefficient (Wildman–Crippen LogP) is 2.86. The quantitative estimate of drug-likeness (QED) is 0.749. The van der Waals surface area contributed by atoms with Crippen molar-refractivity contribution in [2.75, 3.05) is 6.61 Å². The van der Waals surface area contributed by atoms with Gasteiger partial charge in [-0.25, -0.2) is 4.79 Å². The van der Waals surface area contributed by atoms with Crippen molar-refractivity contribution in [2.24, 2.45) is 0 Å². The maximum Gasteiger partial charge on any atom is 0.339 e. The van der Waals surface area contributed by atoms with Gasteiger partial charge in [0.2, 0.25) is 0 Å². The third kappa shape index (κ3) is 2.85. The van der Waals surface area contributed by atoms with Crippen LogP contribution in [0.3, 0.4) is 0 Å². The van der Waals surface area contributed by atoms with Crippen molar-refractivity contribution in [1.82, 2.24) is 0 Å². The van der Waals surface area contributed by atoms with E-state index in [1.54, 1.807) is 13.0 Å². The number of hydrogen-bond donors (Lipinski definition) is 0. The number of carbonyl (C=O) groups is 1. The Balaban J connectivity index is 3.35. The van der Waals surface area contributed by atoms with E-state index in [-0.39, 0.29) is 0 Å². The number of ether oxygens (including phenoxy) is 1. The maximum atomic E-state index is 11.8. The van der Waals surface area contributed by atoms with Crippen LogP contribution in [-0.2, 0) is 17.6 Å². The van der Waals surface area contributed by atoms with E-state index < -0.39 is 5.97 Å². The third-order valence-electron chi connectivity index (χ3n) is 2.67. The molecule has 0 spiro atoms. The first-order chi connectivity index (χ1) is 8.17. The minimum atomic E-state index is -0.399. The molecule has 0 unspecified atom stereocenters. The molecular formula is C14H17NO2. The van der Waals surface area contributed by atoms with Crippen LogP contribution in [0, 0.1) is 11.3 Å². The van der Waals surface area contributed by atoms with Gasteiger partial charge in [-0.15, -0.1) is 0 Å². The molecule has 0 fully saturated rings. The van der Waals surface area contributed by atoms with Crippen LogP contribution < -0.4 is 0 Å². The minimum Gasteiger partial charge on any atom is -0.462 e. The molecule has 0 saturated carbocycles. The van der Waals surface area contributed by atoms with Crippen LogP contribution >= 0.6 is 0 Å². The van der Waals surface area contributed by atoms with Crippen molar-refractivity contribution in [1.29, 1.82) is 5.26 Å². The molecule has 90 valence electrons. The molecule has 0 saturated heterocycles. The summed E-state index contributed by atoms with van der Waals surface area (Å²) in [6, 6.07) is 5.83. The van der Waals surface area contributed by atoms with Crippen molar-refractivity contribution in [3.8, 4) is 6.07 Å². The topological polar surface area (TPSA) is 50.1 Å². The van der Waals surface area contributed by atoms with Crippen LogP contribution in [0.5, 0.6) is 0 Å². The molecule has 0 aliphatic rings. The van der Waals surface area contributed by atoms with Gasteiger partial charge in [0.05, 0.1) is 17.7 Å². The zero-order valence-corrected chi connectivity index (χ0v) is 10.5. The number of carbonyl (C=O) groups excluding carboxylic acids is 1. The number of benzene rings is 1. The summed E-state index contributed by atoms with van der Waals surface area (Å²) in [5, 5.41) is 9.12. The highest BCUT2D eigenvalue weighted by molar-refractivity contribution is 5.94. The van der Waals surface area contributed by atoms with Gasteiger partial charge >= 0.3 is 5.97 Å². The first-order valence-corrected chi connectivity index (χ1v) is 5.90. The fourth-order valence-electron chi connectivity index (χ4n) is 1.78. The molecule has 0 aliphatic carbocycles. The Kier molecular flexibility index (Phi) is 4.71. The lowest BCUT2D eigenvalue weighted by atomic mass is 9.95. The lowest BCUT2D eigenvalue weighted by Gasteiger charge is -2.11. The van der Waals surface area contributed by atoms with Crippen LogP contribution in [0.1, 0.15) is 47.8 Å². The van der Waals surface area contributed by atoms with E-state index in [2.05, 4.69) is 6.07 Å². The molecule has 0 heterocycles. The van der Waals surface area contributed by atoms with E-state index >= 15 is 0 Å². The third-order valence-corrected chi connectivity index (χ3v) is 2.67. The van der Waals surface area contributed by atoms with Crippen molar-refractivity contribution < 1.29 is 9.53 Å². The van der Waals surface area contributed by atoms with Crippen molar-refractivity contribution in [2.45, 2.75) is 33.6 Å². The molecule has 3 heteroatoms. The lowest BCUT2D eigenvalue weighted by molar-refractivity contribution is 0.0525. The Morgan fingerprint density at radius 1 is 1.29 bits per heavy atom. The van der Waals surface area contributed by atoms with Crippen molar-refractivity contribution in [3.05, 3.63) is 34.4 Å². The van der Waals surface area contributed by atoms with Crippen molar-refractivity contribution in [3.63, 3.8) is 0 Å². The average Bonchev–Trinajstić information content (AvgIpc) is 2.37. The second kappa shape index (κ2) is 6.05. The standard InChI is InChI=1S/C14H17NO2/c1-4-10-7-11(5-2)13(12(8-10)9-15)14(16)17-6-3/h7-8H,4-6H2,1-3H3. The fraction of sp³-hybridized carbons (Fsp3) is 0.429. The number of nitriles is 1.